The van der Waals surface area contributed by atoms with Gasteiger partial charge in [-0.05, 0) is 49.9 Å². The third-order valence-electron chi connectivity index (χ3n) is 6.94. The van der Waals surface area contributed by atoms with E-state index < -0.39 is 17.9 Å². The summed E-state index contributed by atoms with van der Waals surface area (Å²) in [4.78, 5) is 41.0. The quantitative estimate of drug-likeness (QED) is 0.412. The molecular formula is C27H28Cl2N2O5S. The average Bonchev–Trinajstić information content (AvgIpc) is 2.91. The van der Waals surface area contributed by atoms with E-state index in [1.807, 2.05) is 24.3 Å². The molecule has 2 fully saturated rings. The Morgan fingerprint density at radius 2 is 1.62 bits per heavy atom. The van der Waals surface area contributed by atoms with Gasteiger partial charge in [0.15, 0.2) is 0 Å². The van der Waals surface area contributed by atoms with E-state index in [9.17, 15) is 24.6 Å². The van der Waals surface area contributed by atoms with Crippen LogP contribution in [0.15, 0.2) is 52.8 Å². The number of nitrogens with zero attached hydrogens (tertiary/aromatic N) is 2. The summed E-state index contributed by atoms with van der Waals surface area (Å²) >= 11 is 14.6. The molecule has 10 heteroatoms. The number of hydrogen-bond donors (Lipinski definition) is 2. The summed E-state index contributed by atoms with van der Waals surface area (Å²) in [6, 6.07) is 11.4. The van der Waals surface area contributed by atoms with Gasteiger partial charge in [-0.1, -0.05) is 53.7 Å². The number of carboxylic acid groups (broad SMARTS) is 2. The van der Waals surface area contributed by atoms with Crippen molar-refractivity contribution in [2.24, 2.45) is 11.8 Å². The third-order valence-corrected chi connectivity index (χ3v) is 8.99. The van der Waals surface area contributed by atoms with E-state index in [2.05, 4.69) is 11.5 Å². The van der Waals surface area contributed by atoms with Crippen LogP contribution in [0.3, 0.4) is 0 Å². The monoisotopic (exact) mass is 562 g/mol. The first-order chi connectivity index (χ1) is 17.7. The fourth-order valence-corrected chi connectivity index (χ4v) is 6.29. The van der Waals surface area contributed by atoms with E-state index in [0.717, 1.165) is 28.4 Å². The second-order valence-corrected chi connectivity index (χ2v) is 11.2. The highest BCUT2D eigenvalue weighted by Gasteiger charge is 2.29. The Hall–Kier alpha value is -2.68. The number of aliphatic carboxylic acids is 2. The zero-order valence-electron chi connectivity index (χ0n) is 20.2. The SMILES string of the molecule is C=C(C(=O)N1CCC(C(=O)O)CC1)c1ccc(Sc2cccc(N3CCCC(C(=O)O)C3)c2)c(Cl)c1Cl. The zero-order chi connectivity index (χ0) is 26.7. The minimum absolute atomic E-state index is 0.220. The molecule has 0 spiro atoms. The molecule has 1 atom stereocenters. The smallest absolute Gasteiger partial charge is 0.308 e. The molecule has 2 saturated heterocycles. The minimum Gasteiger partial charge on any atom is -0.481 e. The Balaban J connectivity index is 1.46. The van der Waals surface area contributed by atoms with Gasteiger partial charge in [0.25, 0.3) is 5.91 Å². The van der Waals surface area contributed by atoms with Crippen LogP contribution in [0.1, 0.15) is 31.2 Å². The maximum Gasteiger partial charge on any atom is 0.308 e. The van der Waals surface area contributed by atoms with Gasteiger partial charge in [0.1, 0.15) is 0 Å². The number of rotatable bonds is 7. The summed E-state index contributed by atoms with van der Waals surface area (Å²) in [5, 5.41) is 19.1. The first-order valence-corrected chi connectivity index (χ1v) is 13.7. The molecule has 4 rings (SSSR count). The van der Waals surface area contributed by atoms with Crippen LogP contribution in [-0.4, -0.2) is 59.1 Å². The molecule has 2 heterocycles. The molecule has 2 aliphatic heterocycles. The topological polar surface area (TPSA) is 98.2 Å². The second-order valence-electron chi connectivity index (χ2n) is 9.35. The number of hydrogen-bond acceptors (Lipinski definition) is 5. The van der Waals surface area contributed by atoms with Crippen LogP contribution in [0.2, 0.25) is 10.0 Å². The van der Waals surface area contributed by atoms with Crippen LogP contribution in [0, 0.1) is 11.8 Å². The summed E-state index contributed by atoms with van der Waals surface area (Å²) in [7, 11) is 0. The number of carboxylic acids is 2. The van der Waals surface area contributed by atoms with Gasteiger partial charge < -0.3 is 20.0 Å². The van der Waals surface area contributed by atoms with Crippen molar-refractivity contribution in [1.82, 2.24) is 4.90 Å². The predicted octanol–water partition coefficient (Wildman–Crippen LogP) is 5.78. The van der Waals surface area contributed by atoms with Gasteiger partial charge in [0.2, 0.25) is 0 Å². The first-order valence-electron chi connectivity index (χ1n) is 12.1. The normalized spacial score (nSPS) is 18.5. The molecule has 0 radical (unpaired) electrons. The van der Waals surface area contributed by atoms with Crippen molar-refractivity contribution < 1.29 is 24.6 Å². The summed E-state index contributed by atoms with van der Waals surface area (Å²) in [5.74, 6) is -2.68. The fraction of sp³-hybridized carbons (Fsp3) is 0.370. The Bertz CT molecular complexity index is 1230. The molecular weight excluding hydrogens is 535 g/mol. The maximum atomic E-state index is 13.0. The maximum absolute atomic E-state index is 13.0. The highest BCUT2D eigenvalue weighted by Crippen LogP contribution is 2.41. The van der Waals surface area contributed by atoms with Crippen LogP contribution < -0.4 is 4.90 Å². The van der Waals surface area contributed by atoms with E-state index in [1.54, 1.807) is 17.0 Å². The van der Waals surface area contributed by atoms with Crippen molar-refractivity contribution in [3.63, 3.8) is 0 Å². The molecule has 0 saturated carbocycles. The van der Waals surface area contributed by atoms with Gasteiger partial charge >= 0.3 is 11.9 Å². The molecule has 0 aromatic heterocycles. The zero-order valence-corrected chi connectivity index (χ0v) is 22.5. The van der Waals surface area contributed by atoms with Crippen molar-refractivity contribution in [3.8, 4) is 0 Å². The lowest BCUT2D eigenvalue weighted by molar-refractivity contribution is -0.144. The average molecular weight is 564 g/mol. The van der Waals surface area contributed by atoms with Gasteiger partial charge in [-0.15, -0.1) is 0 Å². The number of carbonyl (C=O) groups is 3. The Labute approximate surface area is 230 Å². The van der Waals surface area contributed by atoms with Gasteiger partial charge in [-0.2, -0.15) is 0 Å². The lowest BCUT2D eigenvalue weighted by Crippen LogP contribution is -2.40. The predicted molar refractivity (Wildman–Crippen MR) is 146 cm³/mol. The van der Waals surface area contributed by atoms with Crippen molar-refractivity contribution in [1.29, 1.82) is 0 Å². The Morgan fingerprint density at radius 3 is 2.30 bits per heavy atom. The Morgan fingerprint density at radius 1 is 0.919 bits per heavy atom. The van der Waals surface area contributed by atoms with Gasteiger partial charge in [-0.25, -0.2) is 0 Å². The second kappa shape index (κ2) is 11.8. The number of benzene rings is 2. The third kappa shape index (κ3) is 6.25. The molecule has 1 unspecified atom stereocenters. The van der Waals surface area contributed by atoms with E-state index in [-0.39, 0.29) is 22.4 Å². The molecule has 37 heavy (non-hydrogen) atoms. The number of likely N-dealkylation sites (tertiary alicyclic amines) is 1. The summed E-state index contributed by atoms with van der Waals surface area (Å²) < 4.78 is 0. The van der Waals surface area contributed by atoms with Crippen LogP contribution in [0.25, 0.3) is 5.57 Å². The number of halogens is 2. The molecule has 7 nitrogen and oxygen atoms in total. The van der Waals surface area contributed by atoms with E-state index in [4.69, 9.17) is 23.2 Å². The standard InChI is InChI=1S/C27H28Cl2N2O5S/c1-16(25(32)30-12-9-17(10-13-30)26(33)34)21-7-8-22(24(29)23(21)28)37-20-6-2-5-19(14-20)31-11-3-4-18(15-31)27(35)36/h2,5-8,14,17-18H,1,3-4,9-13,15H2,(H,33,34)(H,35,36). The molecule has 2 N–H and O–H groups in total. The van der Waals surface area contributed by atoms with E-state index in [1.165, 1.54) is 11.8 Å². The summed E-state index contributed by atoms with van der Waals surface area (Å²) in [6.07, 6.45) is 2.34. The molecule has 2 aromatic carbocycles. The van der Waals surface area contributed by atoms with Crippen LogP contribution in [0.5, 0.6) is 0 Å². The Kier molecular flexibility index (Phi) is 8.72. The molecule has 0 bridgehead atoms. The number of carbonyl (C=O) groups excluding carboxylic acids is 1. The van der Waals surface area contributed by atoms with Gasteiger partial charge in [0.05, 0.1) is 21.9 Å². The van der Waals surface area contributed by atoms with Crippen molar-refractivity contribution in [2.45, 2.75) is 35.5 Å². The molecule has 1 amide bonds. The first kappa shape index (κ1) is 27.4. The largest absolute Gasteiger partial charge is 0.481 e. The van der Waals surface area contributed by atoms with Crippen LogP contribution in [0.4, 0.5) is 5.69 Å². The van der Waals surface area contributed by atoms with Crippen molar-refractivity contribution >= 4 is 64.1 Å². The summed E-state index contributed by atoms with van der Waals surface area (Å²) in [5.41, 5.74) is 1.63. The lowest BCUT2D eigenvalue weighted by Gasteiger charge is -2.32. The lowest BCUT2D eigenvalue weighted by atomic mass is 9.96. The minimum atomic E-state index is -0.834. The summed E-state index contributed by atoms with van der Waals surface area (Å²) in [6.45, 7) is 5.95. The molecule has 0 aliphatic carbocycles. The van der Waals surface area contributed by atoms with E-state index in [0.29, 0.717) is 49.5 Å². The molecule has 196 valence electrons. The van der Waals surface area contributed by atoms with Crippen LogP contribution >= 0.6 is 35.0 Å². The van der Waals surface area contributed by atoms with Crippen molar-refractivity contribution in [2.75, 3.05) is 31.1 Å². The van der Waals surface area contributed by atoms with Gasteiger partial charge in [-0.3, -0.25) is 14.4 Å². The van der Waals surface area contributed by atoms with Crippen LogP contribution in [-0.2, 0) is 14.4 Å². The molecule has 2 aliphatic rings. The number of piperidine rings is 2. The van der Waals surface area contributed by atoms with Gasteiger partial charge in [0, 0.05) is 52.8 Å². The highest BCUT2D eigenvalue weighted by atomic mass is 35.5. The van der Waals surface area contributed by atoms with Crippen molar-refractivity contribution in [3.05, 3.63) is 58.6 Å². The van der Waals surface area contributed by atoms with E-state index >= 15 is 0 Å². The fourth-order valence-electron chi connectivity index (χ4n) is 4.76. The number of amides is 1. The highest BCUT2D eigenvalue weighted by molar-refractivity contribution is 7.99. The molecule has 2 aromatic rings. The number of anilines is 1.